The molecule has 1 N–H and O–H groups in total. The normalized spacial score (nSPS) is 26.4. The molecule has 132 valence electrons. The minimum atomic E-state index is -0.404. The van der Waals surface area contributed by atoms with E-state index in [-0.39, 0.29) is 18.1 Å². The Morgan fingerprint density at radius 1 is 1.38 bits per heavy atom. The molecule has 5 nitrogen and oxygen atoms in total. The van der Waals surface area contributed by atoms with E-state index < -0.39 is 5.60 Å². The zero-order chi connectivity index (χ0) is 17.2. The van der Waals surface area contributed by atoms with Crippen LogP contribution >= 0.6 is 0 Å². The van der Waals surface area contributed by atoms with Gasteiger partial charge in [0.15, 0.2) is 0 Å². The van der Waals surface area contributed by atoms with Crippen LogP contribution in [0.1, 0.15) is 32.3 Å². The summed E-state index contributed by atoms with van der Waals surface area (Å²) in [5.41, 5.74) is 2.09. The minimum Gasteiger partial charge on any atom is -0.372 e. The Labute approximate surface area is 144 Å². The second-order valence-electron chi connectivity index (χ2n) is 7.35. The summed E-state index contributed by atoms with van der Waals surface area (Å²) in [5.74, 6) is 0.0506. The third-order valence-electron chi connectivity index (χ3n) is 4.94. The summed E-state index contributed by atoms with van der Waals surface area (Å²) in [7, 11) is 0. The predicted octanol–water partition coefficient (Wildman–Crippen LogP) is 2.27. The molecule has 0 spiro atoms. The molecule has 0 radical (unpaired) electrons. The van der Waals surface area contributed by atoms with Gasteiger partial charge in [0.1, 0.15) is 0 Å². The quantitative estimate of drug-likeness (QED) is 0.919. The minimum absolute atomic E-state index is 0.0506. The zero-order valence-electron chi connectivity index (χ0n) is 14.9. The Kier molecular flexibility index (Phi) is 5.11. The topological polar surface area (TPSA) is 50.8 Å². The van der Waals surface area contributed by atoms with Crippen LogP contribution in [0.5, 0.6) is 0 Å². The number of nitrogens with zero attached hydrogens (tertiary/aromatic N) is 1. The van der Waals surface area contributed by atoms with Gasteiger partial charge in [-0.1, -0.05) is 12.1 Å². The van der Waals surface area contributed by atoms with Crippen molar-refractivity contribution in [3.05, 3.63) is 29.8 Å². The molecule has 5 heteroatoms. The number of aryl methyl sites for hydroxylation is 1. The van der Waals surface area contributed by atoms with Crippen molar-refractivity contribution in [2.75, 3.05) is 31.2 Å². The molecule has 2 saturated heterocycles. The van der Waals surface area contributed by atoms with Crippen molar-refractivity contribution in [2.24, 2.45) is 0 Å². The number of hydrogen-bond acceptors (Lipinski definition) is 4. The number of ether oxygens (including phenoxy) is 2. The fraction of sp³-hybridized carbons (Fsp3) is 0.632. The lowest BCUT2D eigenvalue weighted by Crippen LogP contribution is -2.49. The Morgan fingerprint density at radius 2 is 2.21 bits per heavy atom. The van der Waals surface area contributed by atoms with Crippen LogP contribution in [0.15, 0.2) is 24.3 Å². The van der Waals surface area contributed by atoms with Crippen LogP contribution in [-0.2, 0) is 14.3 Å². The van der Waals surface area contributed by atoms with Crippen LogP contribution in [0.25, 0.3) is 0 Å². The number of hydrogen-bond donors (Lipinski definition) is 1. The summed E-state index contributed by atoms with van der Waals surface area (Å²) < 4.78 is 11.5. The highest BCUT2D eigenvalue weighted by Crippen LogP contribution is 2.25. The molecule has 24 heavy (non-hydrogen) atoms. The number of carbonyl (C=O) groups excluding carboxylic acids is 1. The Bertz CT molecular complexity index is 588. The van der Waals surface area contributed by atoms with E-state index in [1.54, 1.807) is 0 Å². The van der Waals surface area contributed by atoms with Gasteiger partial charge in [0, 0.05) is 24.8 Å². The van der Waals surface area contributed by atoms with Crippen molar-refractivity contribution in [3.63, 3.8) is 0 Å². The first-order valence-corrected chi connectivity index (χ1v) is 8.80. The average Bonchev–Trinajstić information content (AvgIpc) is 2.98. The third kappa shape index (κ3) is 4.08. The van der Waals surface area contributed by atoms with Gasteiger partial charge in [0.05, 0.1) is 31.3 Å². The van der Waals surface area contributed by atoms with Gasteiger partial charge in [-0.2, -0.15) is 0 Å². The summed E-state index contributed by atoms with van der Waals surface area (Å²) >= 11 is 0. The van der Waals surface area contributed by atoms with E-state index in [1.165, 1.54) is 11.3 Å². The maximum Gasteiger partial charge on any atom is 0.223 e. The highest BCUT2D eigenvalue weighted by atomic mass is 16.6. The van der Waals surface area contributed by atoms with Crippen molar-refractivity contribution in [3.8, 4) is 0 Å². The van der Waals surface area contributed by atoms with Crippen molar-refractivity contribution in [2.45, 2.75) is 51.4 Å². The lowest BCUT2D eigenvalue weighted by Gasteiger charge is -2.38. The third-order valence-corrected chi connectivity index (χ3v) is 4.94. The molecule has 0 bridgehead atoms. The van der Waals surface area contributed by atoms with Gasteiger partial charge in [-0.15, -0.1) is 0 Å². The van der Waals surface area contributed by atoms with E-state index in [0.717, 1.165) is 19.5 Å². The first-order chi connectivity index (χ1) is 11.4. The second-order valence-corrected chi connectivity index (χ2v) is 7.35. The summed E-state index contributed by atoms with van der Waals surface area (Å²) in [4.78, 5) is 14.7. The number of anilines is 1. The largest absolute Gasteiger partial charge is 0.372 e. The molecule has 3 rings (SSSR count). The molecule has 2 unspecified atom stereocenters. The number of rotatable bonds is 4. The smallest absolute Gasteiger partial charge is 0.223 e. The molecular weight excluding hydrogens is 304 g/mol. The van der Waals surface area contributed by atoms with E-state index in [1.807, 2.05) is 13.8 Å². The van der Waals surface area contributed by atoms with Crippen LogP contribution in [0.3, 0.4) is 0 Å². The molecule has 0 saturated carbocycles. The fourth-order valence-electron chi connectivity index (χ4n) is 3.49. The molecular formula is C19H28N2O3. The molecule has 1 amide bonds. The highest BCUT2D eigenvalue weighted by Gasteiger charge is 2.36. The van der Waals surface area contributed by atoms with Crippen molar-refractivity contribution in [1.29, 1.82) is 0 Å². The predicted molar refractivity (Wildman–Crippen MR) is 94.3 cm³/mol. The number of nitrogens with one attached hydrogen (secondary N) is 1. The Balaban J connectivity index is 1.51. The van der Waals surface area contributed by atoms with Crippen molar-refractivity contribution < 1.29 is 14.3 Å². The van der Waals surface area contributed by atoms with Gasteiger partial charge in [-0.25, -0.2) is 0 Å². The van der Waals surface area contributed by atoms with Gasteiger partial charge in [0.2, 0.25) is 5.91 Å². The number of benzene rings is 1. The zero-order valence-corrected chi connectivity index (χ0v) is 14.9. The van der Waals surface area contributed by atoms with E-state index in [2.05, 4.69) is 41.4 Å². The first kappa shape index (κ1) is 17.2. The maximum absolute atomic E-state index is 12.4. The molecule has 2 aliphatic rings. The van der Waals surface area contributed by atoms with Crippen LogP contribution in [0.4, 0.5) is 5.69 Å². The van der Waals surface area contributed by atoms with Crippen LogP contribution in [-0.4, -0.2) is 50.0 Å². The summed E-state index contributed by atoms with van der Waals surface area (Å²) in [6.45, 7) is 9.07. The van der Waals surface area contributed by atoms with Gasteiger partial charge in [-0.3, -0.25) is 4.79 Å². The van der Waals surface area contributed by atoms with Gasteiger partial charge in [-0.05, 0) is 44.9 Å². The summed E-state index contributed by atoms with van der Waals surface area (Å²) in [5, 5.41) is 3.16. The molecule has 2 atom stereocenters. The molecule has 0 aromatic heterocycles. The second kappa shape index (κ2) is 7.11. The maximum atomic E-state index is 12.4. The lowest BCUT2D eigenvalue weighted by molar-refractivity contribution is -0.189. The van der Waals surface area contributed by atoms with Gasteiger partial charge in [0.25, 0.3) is 0 Å². The summed E-state index contributed by atoms with van der Waals surface area (Å²) in [6.07, 6.45) is 1.15. The van der Waals surface area contributed by atoms with Gasteiger partial charge >= 0.3 is 0 Å². The van der Waals surface area contributed by atoms with Crippen molar-refractivity contribution in [1.82, 2.24) is 5.32 Å². The number of carbonyl (C=O) groups is 1. The summed E-state index contributed by atoms with van der Waals surface area (Å²) in [6, 6.07) is 8.71. The molecule has 2 heterocycles. The first-order valence-electron chi connectivity index (χ1n) is 8.80. The highest BCUT2D eigenvalue weighted by molar-refractivity contribution is 5.77. The SMILES string of the molecule is Cc1cccc(N2CCC(NC(=O)CC3OCCOC3(C)C)C2)c1. The van der Waals surface area contributed by atoms with E-state index >= 15 is 0 Å². The van der Waals surface area contributed by atoms with Crippen molar-refractivity contribution >= 4 is 11.6 Å². The van der Waals surface area contributed by atoms with E-state index in [9.17, 15) is 4.79 Å². The molecule has 2 aliphatic heterocycles. The van der Waals surface area contributed by atoms with E-state index in [4.69, 9.17) is 9.47 Å². The van der Waals surface area contributed by atoms with E-state index in [0.29, 0.717) is 19.6 Å². The fourth-order valence-corrected chi connectivity index (χ4v) is 3.49. The Hall–Kier alpha value is -1.59. The molecule has 1 aromatic carbocycles. The van der Waals surface area contributed by atoms with Crippen LogP contribution < -0.4 is 10.2 Å². The monoisotopic (exact) mass is 332 g/mol. The molecule has 0 aliphatic carbocycles. The standard InChI is InChI=1S/C19H28N2O3/c1-14-5-4-6-16(11-14)21-8-7-15(13-21)20-18(22)12-17-19(2,3)24-10-9-23-17/h4-6,11,15,17H,7-10,12-13H2,1-3H3,(H,20,22). The average molecular weight is 332 g/mol. The van der Waals surface area contributed by atoms with Crippen LogP contribution in [0.2, 0.25) is 0 Å². The molecule has 1 aromatic rings. The number of amides is 1. The Morgan fingerprint density at radius 3 is 2.96 bits per heavy atom. The van der Waals surface area contributed by atoms with Gasteiger partial charge < -0.3 is 19.7 Å². The molecule has 2 fully saturated rings. The lowest BCUT2D eigenvalue weighted by atomic mass is 9.97. The van der Waals surface area contributed by atoms with Crippen LogP contribution in [0, 0.1) is 6.92 Å².